The molecule has 0 fully saturated rings. The number of imidazole rings is 1. The number of carbonyl (C=O) groups excluding carboxylic acids is 1. The Balaban J connectivity index is 1.69. The molecule has 0 aliphatic carbocycles. The molecule has 1 amide bonds. The van der Waals surface area contributed by atoms with E-state index < -0.39 is 0 Å². The van der Waals surface area contributed by atoms with Crippen LogP contribution in [0.15, 0.2) is 48.8 Å². The molecule has 0 bridgehead atoms. The van der Waals surface area contributed by atoms with Crippen molar-refractivity contribution in [2.75, 3.05) is 0 Å². The number of nitrogens with one attached hydrogen (secondary N) is 1. The number of benzene rings is 2. The highest BCUT2D eigenvalue weighted by Crippen LogP contribution is 2.16. The largest absolute Gasteiger partial charge is 0.348 e. The maximum absolute atomic E-state index is 12.5. The summed E-state index contributed by atoms with van der Waals surface area (Å²) < 4.78 is 2.03. The number of aromatic nitrogens is 2. The summed E-state index contributed by atoms with van der Waals surface area (Å²) >= 11 is 0. The van der Waals surface area contributed by atoms with Gasteiger partial charge in [-0.1, -0.05) is 18.2 Å². The zero-order valence-corrected chi connectivity index (χ0v) is 15.1. The number of rotatable bonds is 4. The predicted molar refractivity (Wildman–Crippen MR) is 100 cm³/mol. The molecule has 0 spiro atoms. The van der Waals surface area contributed by atoms with Gasteiger partial charge in [-0.3, -0.25) is 4.79 Å². The van der Waals surface area contributed by atoms with Crippen molar-refractivity contribution in [3.8, 4) is 5.69 Å². The fourth-order valence-electron chi connectivity index (χ4n) is 2.91. The van der Waals surface area contributed by atoms with Crippen molar-refractivity contribution >= 4 is 5.91 Å². The molecular weight excluding hydrogens is 310 g/mol. The molecule has 3 aromatic rings. The Morgan fingerprint density at radius 1 is 1.00 bits per heavy atom. The van der Waals surface area contributed by atoms with Gasteiger partial charge in [-0.05, 0) is 68.1 Å². The molecule has 1 heterocycles. The number of nitrogens with zero attached hydrogens (tertiary/aromatic N) is 2. The number of carbonyl (C=O) groups is 1. The van der Waals surface area contributed by atoms with Crippen molar-refractivity contribution in [3.63, 3.8) is 0 Å². The van der Waals surface area contributed by atoms with Gasteiger partial charge in [-0.25, -0.2) is 4.98 Å². The number of amides is 1. The van der Waals surface area contributed by atoms with E-state index in [1.165, 1.54) is 5.56 Å². The van der Waals surface area contributed by atoms with Crippen LogP contribution < -0.4 is 5.32 Å². The fourth-order valence-corrected chi connectivity index (χ4v) is 2.91. The second-order valence-electron chi connectivity index (χ2n) is 6.44. The topological polar surface area (TPSA) is 46.9 Å². The molecule has 1 N–H and O–H groups in total. The van der Waals surface area contributed by atoms with Gasteiger partial charge in [0.15, 0.2) is 0 Å². The molecule has 4 heteroatoms. The minimum Gasteiger partial charge on any atom is -0.348 e. The lowest BCUT2D eigenvalue weighted by molar-refractivity contribution is 0.0950. The van der Waals surface area contributed by atoms with Crippen LogP contribution in [0, 0.1) is 27.7 Å². The smallest absolute Gasteiger partial charge is 0.251 e. The van der Waals surface area contributed by atoms with E-state index in [9.17, 15) is 4.79 Å². The molecule has 0 unspecified atom stereocenters. The third-order valence-electron chi connectivity index (χ3n) is 4.58. The van der Waals surface area contributed by atoms with Crippen LogP contribution in [0.2, 0.25) is 0 Å². The van der Waals surface area contributed by atoms with Gasteiger partial charge in [0.1, 0.15) is 5.82 Å². The molecule has 1 aromatic heterocycles. The molecule has 4 nitrogen and oxygen atoms in total. The summed E-state index contributed by atoms with van der Waals surface area (Å²) in [4.78, 5) is 16.7. The summed E-state index contributed by atoms with van der Waals surface area (Å²) in [6.07, 6.45) is 3.73. The molecule has 0 saturated carbocycles. The van der Waals surface area contributed by atoms with Gasteiger partial charge in [0.05, 0.1) is 0 Å². The summed E-state index contributed by atoms with van der Waals surface area (Å²) in [5.41, 5.74) is 6.22. The summed E-state index contributed by atoms with van der Waals surface area (Å²) in [5.74, 6) is 0.918. The molecular formula is C21H23N3O. The summed E-state index contributed by atoms with van der Waals surface area (Å²) in [7, 11) is 0. The number of hydrogen-bond donors (Lipinski definition) is 1. The second kappa shape index (κ2) is 6.93. The summed E-state index contributed by atoms with van der Waals surface area (Å²) in [6, 6.07) is 12.2. The quantitative estimate of drug-likeness (QED) is 0.783. The molecule has 0 saturated heterocycles. The fraction of sp³-hybridized carbons (Fsp3) is 0.238. The first kappa shape index (κ1) is 17.0. The zero-order chi connectivity index (χ0) is 18.0. The van der Waals surface area contributed by atoms with Crippen molar-refractivity contribution in [2.45, 2.75) is 34.2 Å². The van der Waals surface area contributed by atoms with Crippen LogP contribution in [0.3, 0.4) is 0 Å². The SMILES string of the molecule is Cc1cc(C)c(C(=O)NCc2ccc(-n3ccnc3C)cc2)cc1C. The van der Waals surface area contributed by atoms with Gasteiger partial charge in [0.25, 0.3) is 5.91 Å². The number of aryl methyl sites for hydroxylation is 4. The van der Waals surface area contributed by atoms with Gasteiger partial charge in [-0.2, -0.15) is 0 Å². The van der Waals surface area contributed by atoms with Gasteiger partial charge in [-0.15, -0.1) is 0 Å². The first-order valence-corrected chi connectivity index (χ1v) is 8.41. The van der Waals surface area contributed by atoms with Crippen LogP contribution in [-0.4, -0.2) is 15.5 Å². The normalized spacial score (nSPS) is 10.7. The highest BCUT2D eigenvalue weighted by atomic mass is 16.1. The van der Waals surface area contributed by atoms with E-state index in [0.29, 0.717) is 6.54 Å². The average molecular weight is 333 g/mol. The summed E-state index contributed by atoms with van der Waals surface area (Å²) in [6.45, 7) is 8.55. The highest BCUT2D eigenvalue weighted by molar-refractivity contribution is 5.95. The average Bonchev–Trinajstić information content (AvgIpc) is 3.02. The Morgan fingerprint density at radius 3 is 2.32 bits per heavy atom. The van der Waals surface area contributed by atoms with E-state index in [4.69, 9.17) is 0 Å². The highest BCUT2D eigenvalue weighted by Gasteiger charge is 2.10. The molecule has 0 aliphatic rings. The molecule has 2 aromatic carbocycles. The van der Waals surface area contributed by atoms with E-state index in [0.717, 1.165) is 33.8 Å². The zero-order valence-electron chi connectivity index (χ0n) is 15.1. The minimum atomic E-state index is -0.0323. The number of hydrogen-bond acceptors (Lipinski definition) is 2. The first-order valence-electron chi connectivity index (χ1n) is 8.41. The van der Waals surface area contributed by atoms with Gasteiger partial charge in [0.2, 0.25) is 0 Å². The molecule has 0 radical (unpaired) electrons. The Labute approximate surface area is 148 Å². The third kappa shape index (κ3) is 3.63. The van der Waals surface area contributed by atoms with Gasteiger partial charge in [0, 0.05) is 30.2 Å². The van der Waals surface area contributed by atoms with Crippen LogP contribution in [-0.2, 0) is 6.54 Å². The Kier molecular flexibility index (Phi) is 4.70. The lowest BCUT2D eigenvalue weighted by Crippen LogP contribution is -2.23. The van der Waals surface area contributed by atoms with Crippen molar-refractivity contribution in [1.29, 1.82) is 0 Å². The van der Waals surface area contributed by atoms with E-state index in [1.54, 1.807) is 6.20 Å². The van der Waals surface area contributed by atoms with Crippen molar-refractivity contribution in [1.82, 2.24) is 14.9 Å². The maximum atomic E-state index is 12.5. The van der Waals surface area contributed by atoms with E-state index in [2.05, 4.69) is 23.3 Å². The maximum Gasteiger partial charge on any atom is 0.251 e. The van der Waals surface area contributed by atoms with Crippen molar-refractivity contribution < 1.29 is 4.79 Å². The van der Waals surface area contributed by atoms with Crippen LogP contribution in [0.5, 0.6) is 0 Å². The molecule has 25 heavy (non-hydrogen) atoms. The van der Waals surface area contributed by atoms with E-state index >= 15 is 0 Å². The van der Waals surface area contributed by atoms with Crippen LogP contribution in [0.1, 0.15) is 38.4 Å². The van der Waals surface area contributed by atoms with E-state index in [-0.39, 0.29) is 5.91 Å². The Morgan fingerprint density at radius 2 is 1.68 bits per heavy atom. The van der Waals surface area contributed by atoms with Crippen molar-refractivity contribution in [2.24, 2.45) is 0 Å². The predicted octanol–water partition coefficient (Wildman–Crippen LogP) is 4.04. The van der Waals surface area contributed by atoms with Crippen LogP contribution in [0.25, 0.3) is 5.69 Å². The van der Waals surface area contributed by atoms with Crippen LogP contribution in [0.4, 0.5) is 0 Å². The van der Waals surface area contributed by atoms with Gasteiger partial charge >= 0.3 is 0 Å². The minimum absolute atomic E-state index is 0.0323. The Bertz CT molecular complexity index is 907. The standard InChI is InChI=1S/C21H23N3O/c1-14-11-16(3)20(12-15(14)2)21(25)23-13-18-5-7-19(8-6-18)24-10-9-22-17(24)4/h5-12H,13H2,1-4H3,(H,23,25). The lowest BCUT2D eigenvalue weighted by Gasteiger charge is -2.11. The summed E-state index contributed by atoms with van der Waals surface area (Å²) in [5, 5.41) is 3.01. The first-order chi connectivity index (χ1) is 12.0. The molecule has 0 atom stereocenters. The molecule has 0 aliphatic heterocycles. The Hall–Kier alpha value is -2.88. The monoisotopic (exact) mass is 333 g/mol. The second-order valence-corrected chi connectivity index (χ2v) is 6.44. The molecule has 128 valence electrons. The van der Waals surface area contributed by atoms with Gasteiger partial charge < -0.3 is 9.88 Å². The third-order valence-corrected chi connectivity index (χ3v) is 4.58. The lowest BCUT2D eigenvalue weighted by atomic mass is 10.0. The molecule has 3 rings (SSSR count). The van der Waals surface area contributed by atoms with Crippen LogP contribution >= 0.6 is 0 Å². The van der Waals surface area contributed by atoms with Crippen molar-refractivity contribution in [3.05, 3.63) is 82.4 Å². The van der Waals surface area contributed by atoms with E-state index in [1.807, 2.05) is 61.9 Å².